The average Bonchev–Trinajstić information content (AvgIpc) is 2.73. The molecule has 0 atom stereocenters. The van der Waals surface area contributed by atoms with E-state index in [2.05, 4.69) is 17.1 Å². The molecule has 102 valence electrons. The predicted octanol–water partition coefficient (Wildman–Crippen LogP) is 2.50. The van der Waals surface area contributed by atoms with Gasteiger partial charge >= 0.3 is 0 Å². The van der Waals surface area contributed by atoms with Gasteiger partial charge in [0.25, 0.3) is 0 Å². The zero-order valence-electron chi connectivity index (χ0n) is 11.2. The van der Waals surface area contributed by atoms with E-state index in [1.807, 2.05) is 0 Å². The highest BCUT2D eigenvalue weighted by atomic mass is 16.5. The highest BCUT2D eigenvalue weighted by Gasteiger charge is 2.34. The van der Waals surface area contributed by atoms with Crippen LogP contribution in [0.25, 0.3) is 0 Å². The maximum atomic E-state index is 6.41. The molecule has 5 nitrogen and oxygen atoms in total. The molecule has 5 heteroatoms. The van der Waals surface area contributed by atoms with Crippen molar-refractivity contribution in [3.05, 3.63) is 11.7 Å². The Morgan fingerprint density at radius 1 is 1.28 bits per heavy atom. The first-order chi connectivity index (χ1) is 8.74. The lowest BCUT2D eigenvalue weighted by atomic mass is 9.91. The third-order valence-corrected chi connectivity index (χ3v) is 3.47. The smallest absolute Gasteiger partial charge is 0.246 e. The minimum Gasteiger partial charge on any atom is -0.373 e. The molecule has 1 aromatic rings. The molecule has 0 bridgehead atoms. The van der Waals surface area contributed by atoms with Gasteiger partial charge in [-0.3, -0.25) is 0 Å². The van der Waals surface area contributed by atoms with Crippen LogP contribution in [0.15, 0.2) is 4.52 Å². The van der Waals surface area contributed by atoms with E-state index in [4.69, 9.17) is 15.0 Å². The van der Waals surface area contributed by atoms with Crippen molar-refractivity contribution in [2.75, 3.05) is 6.61 Å². The summed E-state index contributed by atoms with van der Waals surface area (Å²) in [7, 11) is 0. The molecule has 2 rings (SSSR count). The Kier molecular flexibility index (Phi) is 4.72. The van der Waals surface area contributed by atoms with Crippen molar-refractivity contribution in [3.63, 3.8) is 0 Å². The molecule has 2 N–H and O–H groups in total. The van der Waals surface area contributed by atoms with Crippen molar-refractivity contribution in [1.82, 2.24) is 10.1 Å². The lowest BCUT2D eigenvalue weighted by Crippen LogP contribution is -2.36. The Morgan fingerprint density at radius 2 is 2.00 bits per heavy atom. The topological polar surface area (TPSA) is 74.2 Å². The second-order valence-electron chi connectivity index (χ2n) is 5.14. The summed E-state index contributed by atoms with van der Waals surface area (Å²) in [6.07, 6.45) is 7.64. The van der Waals surface area contributed by atoms with Crippen molar-refractivity contribution in [2.45, 2.75) is 64.0 Å². The van der Waals surface area contributed by atoms with E-state index in [0.29, 0.717) is 18.3 Å². The number of aromatic nitrogens is 2. The minimum atomic E-state index is -0.424. The van der Waals surface area contributed by atoms with E-state index < -0.39 is 5.54 Å². The van der Waals surface area contributed by atoms with Crippen molar-refractivity contribution in [2.24, 2.45) is 5.73 Å². The molecule has 0 aliphatic heterocycles. The van der Waals surface area contributed by atoms with Crippen LogP contribution >= 0.6 is 0 Å². The molecule has 0 unspecified atom stereocenters. The molecule has 18 heavy (non-hydrogen) atoms. The third kappa shape index (κ3) is 3.29. The van der Waals surface area contributed by atoms with Gasteiger partial charge in [-0.2, -0.15) is 4.98 Å². The van der Waals surface area contributed by atoms with Gasteiger partial charge in [0.05, 0.1) is 5.54 Å². The normalized spacial score (nSPS) is 19.7. The van der Waals surface area contributed by atoms with Gasteiger partial charge in [-0.05, 0) is 19.3 Å². The molecule has 0 amide bonds. The summed E-state index contributed by atoms with van der Waals surface area (Å²) in [5.74, 6) is 1.19. The number of hydrogen-bond donors (Lipinski definition) is 1. The lowest BCUT2D eigenvalue weighted by Gasteiger charge is -2.22. The average molecular weight is 253 g/mol. The zero-order valence-corrected chi connectivity index (χ0v) is 11.2. The van der Waals surface area contributed by atoms with Crippen molar-refractivity contribution >= 4 is 0 Å². The lowest BCUT2D eigenvalue weighted by molar-refractivity contribution is 0.114. The minimum absolute atomic E-state index is 0.410. The molecule has 1 aromatic heterocycles. The summed E-state index contributed by atoms with van der Waals surface area (Å²) in [6, 6.07) is 0. The molecule has 1 aliphatic rings. The van der Waals surface area contributed by atoms with Gasteiger partial charge in [0.15, 0.2) is 5.82 Å². The molecule has 1 heterocycles. The summed E-state index contributed by atoms with van der Waals surface area (Å²) in [4.78, 5) is 4.39. The number of nitrogens with two attached hydrogens (primary N) is 1. The summed E-state index contributed by atoms with van der Waals surface area (Å²) in [6.45, 7) is 3.20. The van der Waals surface area contributed by atoms with Crippen LogP contribution < -0.4 is 5.73 Å². The molecule has 0 spiro atoms. The van der Waals surface area contributed by atoms with Crippen LogP contribution in [0.1, 0.15) is 63.6 Å². The third-order valence-electron chi connectivity index (χ3n) is 3.47. The largest absolute Gasteiger partial charge is 0.373 e. The highest BCUT2D eigenvalue weighted by Crippen LogP contribution is 2.32. The quantitative estimate of drug-likeness (QED) is 0.644. The fourth-order valence-electron chi connectivity index (χ4n) is 2.40. The second-order valence-corrected chi connectivity index (χ2v) is 5.14. The second kappa shape index (κ2) is 6.29. The molecule has 0 radical (unpaired) electrons. The Bertz CT molecular complexity index is 357. The van der Waals surface area contributed by atoms with Gasteiger partial charge in [0, 0.05) is 6.61 Å². The van der Waals surface area contributed by atoms with Gasteiger partial charge in [-0.25, -0.2) is 0 Å². The van der Waals surface area contributed by atoms with Crippen LogP contribution in [0, 0.1) is 0 Å². The van der Waals surface area contributed by atoms with Crippen LogP contribution in [0.3, 0.4) is 0 Å². The fourth-order valence-corrected chi connectivity index (χ4v) is 2.40. The number of hydrogen-bond acceptors (Lipinski definition) is 5. The van der Waals surface area contributed by atoms with Crippen molar-refractivity contribution in [3.8, 4) is 0 Å². The maximum absolute atomic E-state index is 6.41. The SMILES string of the molecule is CCCOCc1noc(C2(N)CCCCCC2)n1. The van der Waals surface area contributed by atoms with E-state index in [0.717, 1.165) is 38.7 Å². The summed E-state index contributed by atoms with van der Waals surface area (Å²) < 4.78 is 10.7. The van der Waals surface area contributed by atoms with Crippen LogP contribution in [0.2, 0.25) is 0 Å². The van der Waals surface area contributed by atoms with Gasteiger partial charge in [0.1, 0.15) is 6.61 Å². The Hall–Kier alpha value is -0.940. The van der Waals surface area contributed by atoms with Gasteiger partial charge in [-0.1, -0.05) is 37.8 Å². The summed E-state index contributed by atoms with van der Waals surface area (Å²) >= 11 is 0. The summed E-state index contributed by atoms with van der Waals surface area (Å²) in [5.41, 5.74) is 5.99. The first-order valence-electron chi connectivity index (χ1n) is 6.94. The molecule has 1 saturated carbocycles. The van der Waals surface area contributed by atoms with Crippen LogP contribution in [-0.4, -0.2) is 16.7 Å². The molecular formula is C13H23N3O2. The zero-order chi connectivity index (χ0) is 12.8. The van der Waals surface area contributed by atoms with Gasteiger partial charge < -0.3 is 15.0 Å². The van der Waals surface area contributed by atoms with E-state index in [9.17, 15) is 0 Å². The first kappa shape index (κ1) is 13.5. The molecule has 0 aromatic carbocycles. The van der Waals surface area contributed by atoms with Crippen LogP contribution in [0.5, 0.6) is 0 Å². The van der Waals surface area contributed by atoms with Crippen molar-refractivity contribution in [1.29, 1.82) is 0 Å². The van der Waals surface area contributed by atoms with Crippen LogP contribution in [0.4, 0.5) is 0 Å². The molecular weight excluding hydrogens is 230 g/mol. The Labute approximate surface area is 108 Å². The van der Waals surface area contributed by atoms with E-state index >= 15 is 0 Å². The van der Waals surface area contributed by atoms with Crippen LogP contribution in [-0.2, 0) is 16.9 Å². The standard InChI is InChI=1S/C13H23N3O2/c1-2-9-17-10-11-15-12(18-16-11)13(14)7-5-3-4-6-8-13/h2-10,14H2,1H3. The fraction of sp³-hybridized carbons (Fsp3) is 0.846. The maximum Gasteiger partial charge on any atom is 0.246 e. The van der Waals surface area contributed by atoms with Gasteiger partial charge in [0.2, 0.25) is 5.89 Å². The summed E-state index contributed by atoms with van der Waals surface area (Å²) in [5, 5.41) is 3.95. The number of ether oxygens (including phenoxy) is 1. The molecule has 0 saturated heterocycles. The van der Waals surface area contributed by atoms with Crippen molar-refractivity contribution < 1.29 is 9.26 Å². The molecule has 1 fully saturated rings. The van der Waals surface area contributed by atoms with E-state index in [1.165, 1.54) is 12.8 Å². The first-order valence-corrected chi connectivity index (χ1v) is 6.94. The Morgan fingerprint density at radius 3 is 2.67 bits per heavy atom. The number of nitrogens with zero attached hydrogens (tertiary/aromatic N) is 2. The highest BCUT2D eigenvalue weighted by molar-refractivity contribution is 5.02. The van der Waals surface area contributed by atoms with E-state index in [1.54, 1.807) is 0 Å². The van der Waals surface area contributed by atoms with E-state index in [-0.39, 0.29) is 0 Å². The predicted molar refractivity (Wildman–Crippen MR) is 67.8 cm³/mol. The number of rotatable bonds is 5. The van der Waals surface area contributed by atoms with Gasteiger partial charge in [-0.15, -0.1) is 0 Å². The Balaban J connectivity index is 1.99. The molecule has 1 aliphatic carbocycles. The monoisotopic (exact) mass is 253 g/mol.